The van der Waals surface area contributed by atoms with E-state index in [1.165, 1.54) is 6.42 Å². The molecule has 0 aromatic heterocycles. The zero-order valence-corrected chi connectivity index (χ0v) is 16.2. The molecule has 0 N–H and O–H groups in total. The Balaban J connectivity index is 1.59. The second-order valence-corrected chi connectivity index (χ2v) is 7.58. The van der Waals surface area contributed by atoms with E-state index >= 15 is 0 Å². The van der Waals surface area contributed by atoms with Crippen LogP contribution in [0.5, 0.6) is 5.75 Å². The van der Waals surface area contributed by atoms with E-state index in [2.05, 4.69) is 9.80 Å². The van der Waals surface area contributed by atoms with Gasteiger partial charge in [0.1, 0.15) is 5.75 Å². The van der Waals surface area contributed by atoms with E-state index in [0.29, 0.717) is 6.04 Å². The van der Waals surface area contributed by atoms with Gasteiger partial charge in [-0.3, -0.25) is 9.69 Å². The molecule has 3 rings (SSSR count). The van der Waals surface area contributed by atoms with Crippen LogP contribution in [0.2, 0.25) is 0 Å². The summed E-state index contributed by atoms with van der Waals surface area (Å²) < 4.78 is 11.1. The number of ether oxygens (including phenoxy) is 2. The van der Waals surface area contributed by atoms with Gasteiger partial charge >= 0.3 is 0 Å². The molecule has 0 bridgehead atoms. The average Bonchev–Trinajstić information content (AvgIpc) is 2.67. The highest BCUT2D eigenvalue weighted by atomic mass is 16.5. The average molecular weight is 360 g/mol. The van der Waals surface area contributed by atoms with E-state index in [1.54, 1.807) is 0 Å². The lowest BCUT2D eigenvalue weighted by Crippen LogP contribution is -2.46. The number of piperidine rings is 1. The normalized spacial score (nSPS) is 21.8. The van der Waals surface area contributed by atoms with Gasteiger partial charge in [-0.05, 0) is 63.8 Å². The van der Waals surface area contributed by atoms with Crippen molar-refractivity contribution in [1.29, 1.82) is 0 Å². The second-order valence-electron chi connectivity index (χ2n) is 7.58. The van der Waals surface area contributed by atoms with Gasteiger partial charge in [0.15, 0.2) is 0 Å². The minimum atomic E-state index is 0.142. The number of morpholine rings is 1. The minimum absolute atomic E-state index is 0.142. The number of hydrogen-bond donors (Lipinski definition) is 0. The van der Waals surface area contributed by atoms with Crippen molar-refractivity contribution in [2.75, 3.05) is 39.4 Å². The van der Waals surface area contributed by atoms with Crippen LogP contribution in [0, 0.1) is 0 Å². The van der Waals surface area contributed by atoms with Gasteiger partial charge in [-0.15, -0.1) is 0 Å². The molecule has 0 radical (unpaired) electrons. The molecule has 5 heteroatoms. The van der Waals surface area contributed by atoms with E-state index in [1.807, 2.05) is 38.1 Å². The summed E-state index contributed by atoms with van der Waals surface area (Å²) in [7, 11) is 0. The SMILES string of the molecule is CC(C)Oc1ccc(C(=O)N2CCCC[C@H]2CCN2CCOCC2)cc1. The number of amides is 1. The summed E-state index contributed by atoms with van der Waals surface area (Å²) in [6.07, 6.45) is 4.64. The van der Waals surface area contributed by atoms with Gasteiger partial charge in [-0.25, -0.2) is 0 Å². The third kappa shape index (κ3) is 5.21. The first kappa shape index (κ1) is 19.2. The summed E-state index contributed by atoms with van der Waals surface area (Å²) in [5, 5.41) is 0. The highest BCUT2D eigenvalue weighted by Gasteiger charge is 2.28. The molecule has 0 unspecified atom stereocenters. The number of rotatable bonds is 6. The molecule has 26 heavy (non-hydrogen) atoms. The number of benzene rings is 1. The summed E-state index contributed by atoms with van der Waals surface area (Å²) in [4.78, 5) is 17.6. The van der Waals surface area contributed by atoms with Crippen molar-refractivity contribution in [2.45, 2.75) is 51.7 Å². The predicted molar refractivity (Wildman–Crippen MR) is 103 cm³/mol. The molecule has 144 valence electrons. The Morgan fingerprint density at radius 3 is 2.58 bits per heavy atom. The summed E-state index contributed by atoms with van der Waals surface area (Å²) >= 11 is 0. The van der Waals surface area contributed by atoms with Crippen LogP contribution < -0.4 is 4.74 Å². The lowest BCUT2D eigenvalue weighted by molar-refractivity contribution is 0.0295. The smallest absolute Gasteiger partial charge is 0.254 e. The largest absolute Gasteiger partial charge is 0.491 e. The fourth-order valence-electron chi connectivity index (χ4n) is 3.84. The fourth-order valence-corrected chi connectivity index (χ4v) is 3.84. The zero-order chi connectivity index (χ0) is 18.4. The third-order valence-corrected chi connectivity index (χ3v) is 5.24. The van der Waals surface area contributed by atoms with Crippen molar-refractivity contribution in [3.05, 3.63) is 29.8 Å². The Bertz CT molecular complexity index is 567. The van der Waals surface area contributed by atoms with E-state index in [9.17, 15) is 4.79 Å². The number of carbonyl (C=O) groups excluding carboxylic acids is 1. The van der Waals surface area contributed by atoms with E-state index in [-0.39, 0.29) is 12.0 Å². The molecule has 1 atom stereocenters. The Morgan fingerprint density at radius 2 is 1.88 bits per heavy atom. The molecule has 2 fully saturated rings. The predicted octanol–water partition coefficient (Wildman–Crippen LogP) is 3.19. The van der Waals surface area contributed by atoms with Crippen LogP contribution in [0.25, 0.3) is 0 Å². The van der Waals surface area contributed by atoms with E-state index in [4.69, 9.17) is 9.47 Å². The Labute approximate surface area is 157 Å². The quantitative estimate of drug-likeness (QED) is 0.781. The number of carbonyl (C=O) groups is 1. The maximum Gasteiger partial charge on any atom is 0.254 e. The minimum Gasteiger partial charge on any atom is -0.491 e. The van der Waals surface area contributed by atoms with Crippen LogP contribution in [-0.2, 0) is 4.74 Å². The standard InChI is InChI=1S/C21H32N2O3/c1-17(2)26-20-8-6-18(7-9-20)21(24)23-11-4-3-5-19(23)10-12-22-13-15-25-16-14-22/h6-9,17,19H,3-5,10-16H2,1-2H3/t19-/m0/s1. The maximum atomic E-state index is 13.0. The molecule has 5 nitrogen and oxygen atoms in total. The first-order valence-corrected chi connectivity index (χ1v) is 10.0. The highest BCUT2D eigenvalue weighted by molar-refractivity contribution is 5.94. The summed E-state index contributed by atoms with van der Waals surface area (Å²) in [6, 6.07) is 7.95. The molecule has 1 aromatic carbocycles. The van der Waals surface area contributed by atoms with Crippen LogP contribution in [0.4, 0.5) is 0 Å². The van der Waals surface area contributed by atoms with Crippen LogP contribution in [0.15, 0.2) is 24.3 Å². The molecular weight excluding hydrogens is 328 g/mol. The lowest BCUT2D eigenvalue weighted by atomic mass is 9.97. The van der Waals surface area contributed by atoms with Crippen molar-refractivity contribution in [3.63, 3.8) is 0 Å². The molecule has 2 saturated heterocycles. The molecule has 0 spiro atoms. The fraction of sp³-hybridized carbons (Fsp3) is 0.667. The zero-order valence-electron chi connectivity index (χ0n) is 16.2. The van der Waals surface area contributed by atoms with Crippen LogP contribution in [-0.4, -0.2) is 67.2 Å². The van der Waals surface area contributed by atoms with Crippen LogP contribution >= 0.6 is 0 Å². The monoisotopic (exact) mass is 360 g/mol. The van der Waals surface area contributed by atoms with Gasteiger partial charge in [0.05, 0.1) is 19.3 Å². The number of nitrogens with zero attached hydrogens (tertiary/aromatic N) is 2. The molecule has 0 aliphatic carbocycles. The Hall–Kier alpha value is -1.59. The van der Waals surface area contributed by atoms with Crippen molar-refractivity contribution in [3.8, 4) is 5.75 Å². The molecule has 2 heterocycles. The van der Waals surface area contributed by atoms with Gasteiger partial charge in [0.25, 0.3) is 5.91 Å². The van der Waals surface area contributed by atoms with Crippen LogP contribution in [0.1, 0.15) is 49.9 Å². The second kappa shape index (κ2) is 9.38. The first-order valence-electron chi connectivity index (χ1n) is 10.0. The number of hydrogen-bond acceptors (Lipinski definition) is 4. The molecule has 2 aliphatic rings. The van der Waals surface area contributed by atoms with Crippen LogP contribution in [0.3, 0.4) is 0 Å². The Kier molecular flexibility index (Phi) is 6.92. The summed E-state index contributed by atoms with van der Waals surface area (Å²) in [5.41, 5.74) is 0.763. The van der Waals surface area contributed by atoms with Gasteiger partial charge in [0, 0.05) is 37.8 Å². The van der Waals surface area contributed by atoms with Gasteiger partial charge < -0.3 is 14.4 Å². The molecular formula is C21H32N2O3. The first-order chi connectivity index (χ1) is 12.6. The summed E-state index contributed by atoms with van der Waals surface area (Å²) in [5.74, 6) is 0.979. The molecule has 1 aromatic rings. The third-order valence-electron chi connectivity index (χ3n) is 5.24. The van der Waals surface area contributed by atoms with Gasteiger partial charge in [-0.1, -0.05) is 0 Å². The molecule has 0 saturated carbocycles. The number of likely N-dealkylation sites (tertiary alicyclic amines) is 1. The van der Waals surface area contributed by atoms with Crippen molar-refractivity contribution >= 4 is 5.91 Å². The van der Waals surface area contributed by atoms with Crippen molar-refractivity contribution < 1.29 is 14.3 Å². The molecule has 2 aliphatic heterocycles. The summed E-state index contributed by atoms with van der Waals surface area (Å²) in [6.45, 7) is 9.62. The maximum absolute atomic E-state index is 13.0. The molecule has 1 amide bonds. The topological polar surface area (TPSA) is 42.0 Å². The Morgan fingerprint density at radius 1 is 1.15 bits per heavy atom. The lowest BCUT2D eigenvalue weighted by Gasteiger charge is -2.37. The highest BCUT2D eigenvalue weighted by Crippen LogP contribution is 2.23. The van der Waals surface area contributed by atoms with Gasteiger partial charge in [-0.2, -0.15) is 0 Å². The van der Waals surface area contributed by atoms with E-state index in [0.717, 1.165) is 70.0 Å². The van der Waals surface area contributed by atoms with E-state index < -0.39 is 0 Å². The van der Waals surface area contributed by atoms with Crippen molar-refractivity contribution in [1.82, 2.24) is 9.80 Å². The van der Waals surface area contributed by atoms with Crippen molar-refractivity contribution in [2.24, 2.45) is 0 Å². The van der Waals surface area contributed by atoms with Gasteiger partial charge in [0.2, 0.25) is 0 Å².